The Morgan fingerprint density at radius 1 is 0.686 bits per heavy atom. The van der Waals surface area contributed by atoms with Crippen LogP contribution in [0.3, 0.4) is 0 Å². The Morgan fingerprint density at radius 3 is 1.57 bits per heavy atom. The fourth-order valence-electron chi connectivity index (χ4n) is 6.27. The number of hydrogen-bond acceptors (Lipinski definition) is 4. The van der Waals surface area contributed by atoms with Gasteiger partial charge in [-0.25, -0.2) is 4.39 Å². The second-order valence-electron chi connectivity index (χ2n) is 10.5. The molecule has 0 bridgehead atoms. The minimum Gasteiger partial charge on any atom is -0.421 e. The third-order valence-corrected chi connectivity index (χ3v) is 11.1. The third kappa shape index (κ3) is 8.39. The first-order valence-electron chi connectivity index (χ1n) is 13.5. The molecule has 0 aromatic heterocycles. The van der Waals surface area contributed by atoms with Gasteiger partial charge < -0.3 is 4.18 Å². The average molecular weight is 551 g/mol. The van der Waals surface area contributed by atoms with Gasteiger partial charge in [-0.05, 0) is 83.8 Å². The summed E-state index contributed by atoms with van der Waals surface area (Å²) in [4.78, 5) is -1.80. The van der Waals surface area contributed by atoms with E-state index in [1.165, 1.54) is 93.7 Å². The van der Waals surface area contributed by atoms with Crippen LogP contribution in [-0.2, 0) is 0 Å². The largest absolute Gasteiger partial charge is 0.452 e. The van der Waals surface area contributed by atoms with Gasteiger partial charge in [0.2, 0.25) is 4.84 Å². The molecular formula is C27H38F4OS3. The van der Waals surface area contributed by atoms with E-state index in [-0.39, 0.29) is 10.8 Å². The van der Waals surface area contributed by atoms with Crippen molar-refractivity contribution in [1.29, 1.82) is 0 Å². The quantitative estimate of drug-likeness (QED) is 0.105. The number of alkyl halides is 4. The molecule has 1 unspecified atom stereocenters. The maximum Gasteiger partial charge on any atom is 0.452 e. The van der Waals surface area contributed by atoms with Gasteiger partial charge in [0.15, 0.2) is 0 Å². The molecule has 3 aliphatic rings. The molecule has 1 atom stereocenters. The van der Waals surface area contributed by atoms with Crippen LogP contribution in [0.2, 0.25) is 0 Å². The number of benzene rings is 1. The molecule has 0 heterocycles. The molecule has 0 N–H and O–H groups in total. The summed E-state index contributed by atoms with van der Waals surface area (Å²) < 4.78 is 58.3. The van der Waals surface area contributed by atoms with Crippen molar-refractivity contribution in [1.82, 2.24) is 0 Å². The molecule has 0 amide bonds. The Bertz CT molecular complexity index is 783. The predicted molar refractivity (Wildman–Crippen MR) is 143 cm³/mol. The Balaban J connectivity index is 1.66. The van der Waals surface area contributed by atoms with Gasteiger partial charge in [-0.1, -0.05) is 76.3 Å². The molecule has 3 aliphatic carbocycles. The Labute approximate surface area is 220 Å². The molecule has 8 heteroatoms. The fraction of sp³-hybridized carbons (Fsp3) is 0.778. The molecule has 198 valence electrons. The Kier molecular flexibility index (Phi) is 10.8. The average Bonchev–Trinajstić information content (AvgIpc) is 3.16. The zero-order valence-corrected chi connectivity index (χ0v) is 22.9. The van der Waals surface area contributed by atoms with Gasteiger partial charge >= 0.3 is 5.51 Å². The van der Waals surface area contributed by atoms with E-state index in [1.54, 1.807) is 0 Å². The van der Waals surface area contributed by atoms with Crippen LogP contribution in [-0.4, -0.2) is 10.3 Å². The van der Waals surface area contributed by atoms with Crippen molar-refractivity contribution in [2.24, 2.45) is 0 Å². The number of rotatable bonds is 8. The molecule has 35 heavy (non-hydrogen) atoms. The molecule has 1 nitrogen and oxygen atoms in total. The van der Waals surface area contributed by atoms with E-state index in [2.05, 4.69) is 12.1 Å². The highest BCUT2D eigenvalue weighted by Crippen LogP contribution is 2.50. The molecule has 3 fully saturated rings. The van der Waals surface area contributed by atoms with E-state index in [1.807, 2.05) is 0 Å². The van der Waals surface area contributed by atoms with E-state index in [9.17, 15) is 17.6 Å². The highest BCUT2D eigenvalue weighted by molar-refractivity contribution is 8.78. The van der Waals surface area contributed by atoms with Gasteiger partial charge in [-0.2, -0.15) is 13.2 Å². The third-order valence-electron chi connectivity index (χ3n) is 8.01. The SMILES string of the molecule is FC(SOc1c(C2CCCCCC2)cc(C2CCCCC2)cc1C1CCCCC1)SSC(F)(F)F. The predicted octanol–water partition coefficient (Wildman–Crippen LogP) is 11.4. The first-order chi connectivity index (χ1) is 16.9. The standard InChI is InChI=1S/C27H38F4OS3/c28-26(34-35-27(29,30)31)33-32-25-23(20-13-5-1-2-6-14-20)17-22(19-11-7-3-8-12-19)18-24(25)21-15-9-4-10-16-21/h17-21,26H,1-16H2. The normalized spacial score (nSPS) is 22.6. The Hall–Kier alpha value is -0.210. The molecule has 0 saturated heterocycles. The van der Waals surface area contributed by atoms with Crippen LogP contribution in [0.1, 0.15) is 137 Å². The van der Waals surface area contributed by atoms with Gasteiger partial charge in [-0.3, -0.25) is 0 Å². The van der Waals surface area contributed by atoms with E-state index < -0.39 is 21.1 Å². The first-order valence-corrected chi connectivity index (χ1v) is 16.5. The van der Waals surface area contributed by atoms with E-state index in [0.29, 0.717) is 29.8 Å². The number of halogens is 4. The maximum atomic E-state index is 14.5. The molecule has 1 aromatic rings. The van der Waals surface area contributed by atoms with E-state index >= 15 is 0 Å². The number of hydrogen-bond donors (Lipinski definition) is 0. The topological polar surface area (TPSA) is 9.23 Å². The first kappa shape index (κ1) is 27.8. The lowest BCUT2D eigenvalue weighted by molar-refractivity contribution is -0.0311. The minimum atomic E-state index is -4.46. The van der Waals surface area contributed by atoms with Crippen LogP contribution < -0.4 is 4.18 Å². The summed E-state index contributed by atoms with van der Waals surface area (Å²) in [6.45, 7) is 0. The minimum absolute atomic E-state index is 0.178. The van der Waals surface area contributed by atoms with Crippen LogP contribution in [0.4, 0.5) is 17.6 Å². The van der Waals surface area contributed by atoms with Gasteiger partial charge in [0.1, 0.15) is 17.8 Å². The van der Waals surface area contributed by atoms with Crippen molar-refractivity contribution in [3.63, 3.8) is 0 Å². The lowest BCUT2D eigenvalue weighted by atomic mass is 9.76. The molecule has 0 aliphatic heterocycles. The van der Waals surface area contributed by atoms with Gasteiger partial charge in [0.05, 0.1) is 0 Å². The van der Waals surface area contributed by atoms with Crippen molar-refractivity contribution >= 4 is 33.6 Å². The fourth-order valence-corrected chi connectivity index (χ4v) is 8.26. The maximum absolute atomic E-state index is 14.5. The zero-order chi connectivity index (χ0) is 24.7. The zero-order valence-electron chi connectivity index (χ0n) is 20.4. The summed E-state index contributed by atoms with van der Waals surface area (Å²) in [5.41, 5.74) is -0.653. The molecule has 0 spiro atoms. The van der Waals surface area contributed by atoms with Crippen LogP contribution in [0, 0.1) is 0 Å². The van der Waals surface area contributed by atoms with Crippen molar-refractivity contribution < 1.29 is 21.7 Å². The van der Waals surface area contributed by atoms with E-state index in [4.69, 9.17) is 4.18 Å². The summed E-state index contributed by atoms with van der Waals surface area (Å²) in [6, 6.07) is 4.69. The van der Waals surface area contributed by atoms with Crippen molar-refractivity contribution in [2.75, 3.05) is 0 Å². The lowest BCUT2D eigenvalue weighted by Gasteiger charge is -2.30. The smallest absolute Gasteiger partial charge is 0.421 e. The molecular weight excluding hydrogens is 512 g/mol. The van der Waals surface area contributed by atoms with Crippen molar-refractivity contribution in [3.8, 4) is 5.75 Å². The molecule has 1 aromatic carbocycles. The summed E-state index contributed by atoms with van der Waals surface area (Å²) >= 11 is 0.549. The van der Waals surface area contributed by atoms with Crippen LogP contribution in [0.15, 0.2) is 12.1 Å². The Morgan fingerprint density at radius 2 is 1.11 bits per heavy atom. The lowest BCUT2D eigenvalue weighted by Crippen LogP contribution is -2.13. The van der Waals surface area contributed by atoms with Crippen LogP contribution >= 0.6 is 33.6 Å². The summed E-state index contributed by atoms with van der Waals surface area (Å²) in [6.07, 6.45) is 19.2. The van der Waals surface area contributed by atoms with Gasteiger partial charge in [0, 0.05) is 10.8 Å². The molecule has 3 saturated carbocycles. The summed E-state index contributed by atoms with van der Waals surface area (Å²) in [5.74, 6) is 2.12. The van der Waals surface area contributed by atoms with Crippen molar-refractivity contribution in [3.05, 3.63) is 28.8 Å². The van der Waals surface area contributed by atoms with Crippen molar-refractivity contribution in [2.45, 2.75) is 131 Å². The van der Waals surface area contributed by atoms with E-state index in [0.717, 1.165) is 31.4 Å². The summed E-state index contributed by atoms with van der Waals surface area (Å²) in [5, 5.41) is 0. The second kappa shape index (κ2) is 13.5. The highest BCUT2D eigenvalue weighted by atomic mass is 33.1. The van der Waals surface area contributed by atoms with Crippen LogP contribution in [0.5, 0.6) is 5.75 Å². The molecule has 4 rings (SSSR count). The second-order valence-corrected chi connectivity index (χ2v) is 13.9. The summed E-state index contributed by atoms with van der Waals surface area (Å²) in [7, 11) is -0.216. The van der Waals surface area contributed by atoms with Gasteiger partial charge in [-0.15, -0.1) is 0 Å². The van der Waals surface area contributed by atoms with Gasteiger partial charge in [0.25, 0.3) is 0 Å². The highest BCUT2D eigenvalue weighted by Gasteiger charge is 2.33. The molecule has 0 radical (unpaired) electrons. The van der Waals surface area contributed by atoms with Crippen LogP contribution in [0.25, 0.3) is 0 Å². The monoisotopic (exact) mass is 550 g/mol.